The molecule has 0 unspecified atom stereocenters. The molecule has 4 nitrogen and oxygen atoms in total. The van der Waals surface area contributed by atoms with E-state index in [4.69, 9.17) is 10.7 Å². The Hall–Kier alpha value is -0.590. The van der Waals surface area contributed by atoms with Gasteiger partial charge in [0.15, 0.2) is 0 Å². The summed E-state index contributed by atoms with van der Waals surface area (Å²) >= 11 is 3.19. The highest BCUT2D eigenvalue weighted by molar-refractivity contribution is 9.10. The summed E-state index contributed by atoms with van der Waals surface area (Å²) in [6.07, 6.45) is 1.94. The van der Waals surface area contributed by atoms with Crippen molar-refractivity contribution in [3.05, 3.63) is 27.7 Å². The van der Waals surface area contributed by atoms with E-state index in [1.165, 1.54) is 6.07 Å². The Labute approximate surface area is 118 Å². The lowest BCUT2D eigenvalue weighted by Crippen LogP contribution is -2.26. The minimum Gasteiger partial charge on any atom is -0.349 e. The number of hydrogen-bond donors (Lipinski definition) is 1. The summed E-state index contributed by atoms with van der Waals surface area (Å²) in [5, 5.41) is 2.82. The third-order valence-electron chi connectivity index (χ3n) is 2.74. The van der Waals surface area contributed by atoms with Crippen molar-refractivity contribution in [1.29, 1.82) is 0 Å². The molecule has 1 fully saturated rings. The summed E-state index contributed by atoms with van der Waals surface area (Å²) in [6, 6.07) is 3.21. The van der Waals surface area contributed by atoms with Crippen molar-refractivity contribution in [2.24, 2.45) is 0 Å². The fraction of sp³-hybridized carbons (Fsp3) is 0.364. The van der Waals surface area contributed by atoms with Crippen LogP contribution in [0.4, 0.5) is 0 Å². The van der Waals surface area contributed by atoms with Gasteiger partial charge in [0.2, 0.25) is 0 Å². The average molecular weight is 353 g/mol. The zero-order valence-electron chi connectivity index (χ0n) is 9.54. The number of amides is 1. The van der Waals surface area contributed by atoms with E-state index in [-0.39, 0.29) is 16.8 Å². The topological polar surface area (TPSA) is 63.2 Å². The van der Waals surface area contributed by atoms with Crippen molar-refractivity contribution in [3.8, 4) is 0 Å². The van der Waals surface area contributed by atoms with Gasteiger partial charge in [-0.1, -0.05) is 15.9 Å². The molecule has 0 heterocycles. The molecule has 0 atom stereocenters. The van der Waals surface area contributed by atoms with Crippen molar-refractivity contribution in [2.45, 2.75) is 30.7 Å². The standard InChI is InChI=1S/C11H11BrClNO3S/c1-6-9(11(15)14-8-2-3-8)4-7(12)5-10(6)18(13,16)17/h4-5,8H,2-3H2,1H3,(H,14,15). The molecule has 0 bridgehead atoms. The lowest BCUT2D eigenvalue weighted by molar-refractivity contribution is 0.0950. The first-order valence-corrected chi connectivity index (χ1v) is 8.45. The summed E-state index contributed by atoms with van der Waals surface area (Å²) in [5.74, 6) is -0.266. The fourth-order valence-corrected chi connectivity index (χ4v) is 3.47. The lowest BCUT2D eigenvalue weighted by Gasteiger charge is -2.10. The number of hydrogen-bond acceptors (Lipinski definition) is 3. The van der Waals surface area contributed by atoms with E-state index >= 15 is 0 Å². The molecular weight excluding hydrogens is 342 g/mol. The van der Waals surface area contributed by atoms with Gasteiger partial charge in [-0.05, 0) is 37.5 Å². The van der Waals surface area contributed by atoms with Gasteiger partial charge < -0.3 is 5.32 Å². The molecule has 1 N–H and O–H groups in total. The predicted molar refractivity (Wildman–Crippen MR) is 72.4 cm³/mol. The van der Waals surface area contributed by atoms with Gasteiger partial charge in [-0.15, -0.1) is 0 Å². The largest absolute Gasteiger partial charge is 0.349 e. The summed E-state index contributed by atoms with van der Waals surface area (Å²) in [7, 11) is 1.49. The highest BCUT2D eigenvalue weighted by atomic mass is 79.9. The third kappa shape index (κ3) is 3.05. The van der Waals surface area contributed by atoms with Gasteiger partial charge in [0, 0.05) is 26.8 Å². The molecule has 1 aromatic rings. The second kappa shape index (κ2) is 4.83. The second-order valence-corrected chi connectivity index (χ2v) is 7.71. The van der Waals surface area contributed by atoms with Crippen LogP contribution in [0, 0.1) is 6.92 Å². The number of nitrogens with one attached hydrogen (secondary N) is 1. The van der Waals surface area contributed by atoms with Crippen molar-refractivity contribution >= 4 is 41.6 Å². The second-order valence-electron chi connectivity index (χ2n) is 4.26. The van der Waals surface area contributed by atoms with Crippen LogP contribution in [-0.2, 0) is 9.05 Å². The molecular formula is C11H11BrClNO3S. The maximum absolute atomic E-state index is 12.0. The number of benzene rings is 1. The first kappa shape index (κ1) is 13.8. The van der Waals surface area contributed by atoms with Crippen molar-refractivity contribution < 1.29 is 13.2 Å². The van der Waals surface area contributed by atoms with Crippen LogP contribution in [0.1, 0.15) is 28.8 Å². The van der Waals surface area contributed by atoms with Crippen molar-refractivity contribution in [2.75, 3.05) is 0 Å². The zero-order valence-corrected chi connectivity index (χ0v) is 12.7. The molecule has 18 heavy (non-hydrogen) atoms. The molecule has 0 spiro atoms. The predicted octanol–water partition coefficient (Wildman–Crippen LogP) is 2.58. The lowest BCUT2D eigenvalue weighted by atomic mass is 10.1. The Morgan fingerprint density at radius 1 is 1.44 bits per heavy atom. The Kier molecular flexibility index (Phi) is 3.71. The molecule has 0 aromatic heterocycles. The number of rotatable bonds is 3. The van der Waals surface area contributed by atoms with Crippen LogP contribution in [0.3, 0.4) is 0 Å². The van der Waals surface area contributed by atoms with Crippen LogP contribution in [0.2, 0.25) is 0 Å². The van der Waals surface area contributed by atoms with Crippen LogP contribution in [-0.4, -0.2) is 20.4 Å². The van der Waals surface area contributed by atoms with Gasteiger partial charge >= 0.3 is 0 Å². The van der Waals surface area contributed by atoms with Crippen LogP contribution < -0.4 is 5.32 Å². The number of carbonyl (C=O) groups excluding carboxylic acids is 1. The van der Waals surface area contributed by atoms with Crippen LogP contribution in [0.5, 0.6) is 0 Å². The summed E-state index contributed by atoms with van der Waals surface area (Å²) in [6.45, 7) is 1.57. The number of carbonyl (C=O) groups is 1. The average Bonchev–Trinajstić information content (AvgIpc) is 3.03. The molecule has 2 rings (SSSR count). The van der Waals surface area contributed by atoms with Crippen molar-refractivity contribution in [3.63, 3.8) is 0 Å². The van der Waals surface area contributed by atoms with Gasteiger partial charge in [0.25, 0.3) is 15.0 Å². The van der Waals surface area contributed by atoms with E-state index in [2.05, 4.69) is 21.2 Å². The van der Waals surface area contributed by atoms with Crippen LogP contribution in [0.15, 0.2) is 21.5 Å². The molecule has 0 saturated heterocycles. The first-order chi connectivity index (χ1) is 8.29. The maximum atomic E-state index is 12.0. The molecule has 1 aromatic carbocycles. The SMILES string of the molecule is Cc1c(C(=O)NC2CC2)cc(Br)cc1S(=O)(=O)Cl. The minimum absolute atomic E-state index is 0.0421. The van der Waals surface area contributed by atoms with E-state index in [0.717, 1.165) is 12.8 Å². The Morgan fingerprint density at radius 2 is 2.06 bits per heavy atom. The highest BCUT2D eigenvalue weighted by Gasteiger charge is 2.26. The Morgan fingerprint density at radius 3 is 2.56 bits per heavy atom. The number of halogens is 2. The summed E-state index contributed by atoms with van der Waals surface area (Å²) in [5.41, 5.74) is 0.696. The van der Waals surface area contributed by atoms with E-state index in [1.54, 1.807) is 13.0 Å². The molecule has 0 radical (unpaired) electrons. The normalized spacial score (nSPS) is 15.5. The fourth-order valence-electron chi connectivity index (χ4n) is 1.63. The van der Waals surface area contributed by atoms with Gasteiger partial charge in [-0.2, -0.15) is 0 Å². The Balaban J connectivity index is 2.47. The van der Waals surface area contributed by atoms with E-state index in [9.17, 15) is 13.2 Å². The van der Waals surface area contributed by atoms with Gasteiger partial charge in [-0.25, -0.2) is 8.42 Å². The smallest absolute Gasteiger partial charge is 0.261 e. The quantitative estimate of drug-likeness (QED) is 0.850. The molecule has 0 aliphatic heterocycles. The van der Waals surface area contributed by atoms with Crippen molar-refractivity contribution in [1.82, 2.24) is 5.32 Å². The minimum atomic E-state index is -3.86. The zero-order chi connectivity index (χ0) is 13.5. The first-order valence-electron chi connectivity index (χ1n) is 5.34. The third-order valence-corrected chi connectivity index (χ3v) is 4.65. The van der Waals surface area contributed by atoms with Crippen LogP contribution in [0.25, 0.3) is 0 Å². The monoisotopic (exact) mass is 351 g/mol. The summed E-state index contributed by atoms with van der Waals surface area (Å²) < 4.78 is 23.4. The molecule has 1 aliphatic rings. The van der Waals surface area contributed by atoms with Crippen LogP contribution >= 0.6 is 26.6 Å². The summed E-state index contributed by atoms with van der Waals surface area (Å²) in [4.78, 5) is 11.9. The van der Waals surface area contributed by atoms with Gasteiger partial charge in [-0.3, -0.25) is 4.79 Å². The van der Waals surface area contributed by atoms with Gasteiger partial charge in [0.05, 0.1) is 4.90 Å². The van der Waals surface area contributed by atoms with E-state index in [0.29, 0.717) is 15.6 Å². The molecule has 7 heteroatoms. The molecule has 1 aliphatic carbocycles. The Bertz CT molecular complexity index is 611. The van der Waals surface area contributed by atoms with E-state index < -0.39 is 9.05 Å². The van der Waals surface area contributed by atoms with Gasteiger partial charge in [0.1, 0.15) is 0 Å². The molecule has 1 amide bonds. The molecule has 98 valence electrons. The van der Waals surface area contributed by atoms with E-state index in [1.807, 2.05) is 0 Å². The highest BCUT2D eigenvalue weighted by Crippen LogP contribution is 2.28. The molecule has 1 saturated carbocycles. The maximum Gasteiger partial charge on any atom is 0.261 e.